The zero-order chi connectivity index (χ0) is 22.0. The van der Waals surface area contributed by atoms with Crippen molar-refractivity contribution in [2.24, 2.45) is 0 Å². The predicted octanol–water partition coefficient (Wildman–Crippen LogP) is 5.71. The Hall–Kier alpha value is -3.15. The summed E-state index contributed by atoms with van der Waals surface area (Å²) >= 11 is 0. The van der Waals surface area contributed by atoms with Crippen LogP contribution in [-0.2, 0) is 24.2 Å². The van der Waals surface area contributed by atoms with E-state index in [4.69, 9.17) is 9.15 Å². The van der Waals surface area contributed by atoms with E-state index >= 15 is 0 Å². The van der Waals surface area contributed by atoms with Crippen LogP contribution in [0, 0.1) is 11.6 Å². The maximum atomic E-state index is 13.8. The second-order valence-corrected chi connectivity index (χ2v) is 7.73. The fourth-order valence-electron chi connectivity index (χ4n) is 4.07. The average molecular weight is 425 g/mol. The number of ether oxygens (including phenoxy) is 1. The van der Waals surface area contributed by atoms with Crippen molar-refractivity contribution in [2.45, 2.75) is 46.1 Å². The molecule has 0 bridgehead atoms. The number of allylic oxidation sites excluding steroid dienone is 1. The van der Waals surface area contributed by atoms with Gasteiger partial charge in [-0.1, -0.05) is 6.07 Å². The summed E-state index contributed by atoms with van der Waals surface area (Å²) in [7, 11) is 0. The number of furan rings is 1. The fourth-order valence-corrected chi connectivity index (χ4v) is 4.07. The summed E-state index contributed by atoms with van der Waals surface area (Å²) in [5, 5.41) is 3.61. The predicted molar refractivity (Wildman–Crippen MR) is 116 cm³/mol. The summed E-state index contributed by atoms with van der Waals surface area (Å²) in [4.78, 5) is 12.4. The van der Waals surface area contributed by atoms with Crippen molar-refractivity contribution in [3.8, 4) is 5.75 Å². The number of aryl methyl sites for hydroxylation is 2. The van der Waals surface area contributed by atoms with E-state index in [1.165, 1.54) is 29.8 Å². The molecule has 0 radical (unpaired) electrons. The molecule has 162 valence electrons. The van der Waals surface area contributed by atoms with Crippen molar-refractivity contribution >= 4 is 22.4 Å². The molecular formula is C25H25F2NO3. The first-order valence-electron chi connectivity index (χ1n) is 10.6. The highest BCUT2D eigenvalue weighted by molar-refractivity contribution is 5.97. The van der Waals surface area contributed by atoms with E-state index in [1.807, 2.05) is 26.0 Å². The second kappa shape index (κ2) is 8.92. The molecule has 1 aliphatic carbocycles. The minimum absolute atomic E-state index is 0.164. The maximum absolute atomic E-state index is 13.8. The number of halogens is 2. The Morgan fingerprint density at radius 3 is 2.68 bits per heavy atom. The number of amides is 1. The summed E-state index contributed by atoms with van der Waals surface area (Å²) in [5.74, 6) is -0.128. The van der Waals surface area contributed by atoms with Crippen LogP contribution in [0.5, 0.6) is 5.75 Å². The van der Waals surface area contributed by atoms with E-state index in [0.717, 1.165) is 48.0 Å². The van der Waals surface area contributed by atoms with Crippen LogP contribution < -0.4 is 10.1 Å². The van der Waals surface area contributed by atoms with Crippen LogP contribution in [0.25, 0.3) is 16.5 Å². The number of carbonyl (C=O) groups excluding carboxylic acids is 1. The van der Waals surface area contributed by atoms with E-state index < -0.39 is 17.5 Å². The van der Waals surface area contributed by atoms with E-state index in [0.29, 0.717) is 17.9 Å². The highest BCUT2D eigenvalue weighted by Gasteiger charge is 2.20. The minimum Gasteiger partial charge on any atom is -0.493 e. The number of carbonyl (C=O) groups is 1. The number of hydrogen-bond donors (Lipinski definition) is 1. The zero-order valence-corrected chi connectivity index (χ0v) is 17.7. The van der Waals surface area contributed by atoms with Gasteiger partial charge in [-0.15, -0.1) is 0 Å². The fraction of sp³-hybridized carbons (Fsp3) is 0.320. The van der Waals surface area contributed by atoms with Crippen LogP contribution in [0.15, 0.2) is 40.8 Å². The molecule has 0 fully saturated rings. The first-order chi connectivity index (χ1) is 15.0. The number of fused-ring (bicyclic) bond motifs is 3. The maximum Gasteiger partial charge on any atom is 0.244 e. The van der Waals surface area contributed by atoms with Gasteiger partial charge in [0.2, 0.25) is 5.91 Å². The molecule has 3 aromatic rings. The minimum atomic E-state index is -0.685. The largest absolute Gasteiger partial charge is 0.493 e. The van der Waals surface area contributed by atoms with Crippen LogP contribution in [-0.4, -0.2) is 12.5 Å². The molecule has 0 saturated heterocycles. The molecule has 0 spiro atoms. The van der Waals surface area contributed by atoms with Gasteiger partial charge in [0.25, 0.3) is 0 Å². The molecule has 1 heterocycles. The number of benzene rings is 2. The third-order valence-corrected chi connectivity index (χ3v) is 5.63. The monoisotopic (exact) mass is 425 g/mol. The van der Waals surface area contributed by atoms with Crippen molar-refractivity contribution in [1.29, 1.82) is 0 Å². The normalized spacial score (nSPS) is 13.9. The Kier molecular flexibility index (Phi) is 6.07. The molecule has 0 atom stereocenters. The lowest BCUT2D eigenvalue weighted by molar-refractivity contribution is -0.116. The zero-order valence-electron chi connectivity index (χ0n) is 17.7. The standard InChI is InChI=1S/C25H25F2NO3/c1-3-30-23-13-24-18(16-7-4-5-10-22(16)31-24)12-17(23)15(2)11-25(29)28-14-19-20(26)8-6-9-21(19)27/h6,8-9,11-13H,3-5,7,10,14H2,1-2H3,(H,28,29)/b15-11+. The summed E-state index contributed by atoms with van der Waals surface area (Å²) in [6.07, 6.45) is 5.60. The van der Waals surface area contributed by atoms with Gasteiger partial charge in [0, 0.05) is 47.2 Å². The summed E-state index contributed by atoms with van der Waals surface area (Å²) in [6.45, 7) is 3.97. The van der Waals surface area contributed by atoms with Crippen LogP contribution in [0.2, 0.25) is 0 Å². The molecule has 1 aromatic heterocycles. The van der Waals surface area contributed by atoms with Gasteiger partial charge in [0.1, 0.15) is 28.7 Å². The second-order valence-electron chi connectivity index (χ2n) is 7.73. The number of rotatable bonds is 6. The van der Waals surface area contributed by atoms with Crippen molar-refractivity contribution in [3.05, 3.63) is 70.5 Å². The van der Waals surface area contributed by atoms with Crippen LogP contribution in [0.4, 0.5) is 8.78 Å². The molecule has 1 amide bonds. The lowest BCUT2D eigenvalue weighted by Crippen LogP contribution is -2.22. The van der Waals surface area contributed by atoms with Gasteiger partial charge in [-0.2, -0.15) is 0 Å². The summed E-state index contributed by atoms with van der Waals surface area (Å²) in [6, 6.07) is 7.53. The lowest BCUT2D eigenvalue weighted by atomic mass is 9.94. The quantitative estimate of drug-likeness (QED) is 0.515. The van der Waals surface area contributed by atoms with Gasteiger partial charge in [-0.05, 0) is 56.9 Å². The molecule has 4 rings (SSSR count). The van der Waals surface area contributed by atoms with Crippen LogP contribution in [0.3, 0.4) is 0 Å². The van der Waals surface area contributed by atoms with Gasteiger partial charge in [-0.3, -0.25) is 4.79 Å². The Morgan fingerprint density at radius 1 is 1.19 bits per heavy atom. The first kappa shape index (κ1) is 21.1. The molecule has 1 aliphatic rings. The highest BCUT2D eigenvalue weighted by atomic mass is 19.1. The highest BCUT2D eigenvalue weighted by Crippen LogP contribution is 2.38. The van der Waals surface area contributed by atoms with Gasteiger partial charge < -0.3 is 14.5 Å². The van der Waals surface area contributed by atoms with Crippen molar-refractivity contribution in [3.63, 3.8) is 0 Å². The van der Waals surface area contributed by atoms with Gasteiger partial charge in [0.15, 0.2) is 0 Å². The van der Waals surface area contributed by atoms with E-state index in [9.17, 15) is 13.6 Å². The molecule has 0 aliphatic heterocycles. The molecule has 6 heteroatoms. The molecular weight excluding hydrogens is 400 g/mol. The lowest BCUT2D eigenvalue weighted by Gasteiger charge is -2.12. The van der Waals surface area contributed by atoms with Crippen molar-refractivity contribution < 1.29 is 22.7 Å². The van der Waals surface area contributed by atoms with Crippen molar-refractivity contribution in [2.75, 3.05) is 6.61 Å². The summed E-state index contributed by atoms with van der Waals surface area (Å²) in [5.41, 5.74) is 3.37. The van der Waals surface area contributed by atoms with Gasteiger partial charge in [-0.25, -0.2) is 8.78 Å². The first-order valence-corrected chi connectivity index (χ1v) is 10.6. The molecule has 0 unspecified atom stereocenters. The van der Waals surface area contributed by atoms with Gasteiger partial charge >= 0.3 is 0 Å². The Bertz CT molecular complexity index is 1140. The third-order valence-electron chi connectivity index (χ3n) is 5.63. The Morgan fingerprint density at radius 2 is 1.94 bits per heavy atom. The smallest absolute Gasteiger partial charge is 0.244 e. The molecule has 4 nitrogen and oxygen atoms in total. The molecule has 31 heavy (non-hydrogen) atoms. The molecule has 0 saturated carbocycles. The van der Waals surface area contributed by atoms with E-state index in [-0.39, 0.29) is 12.1 Å². The summed E-state index contributed by atoms with van der Waals surface area (Å²) < 4.78 is 39.4. The van der Waals surface area contributed by atoms with E-state index in [1.54, 1.807) is 0 Å². The van der Waals surface area contributed by atoms with Crippen LogP contribution >= 0.6 is 0 Å². The number of hydrogen-bond acceptors (Lipinski definition) is 3. The topological polar surface area (TPSA) is 51.5 Å². The SMILES string of the molecule is CCOc1cc2oc3c(c2cc1/C(C)=C/C(=O)NCc1c(F)cccc1F)CCCC3. The van der Waals surface area contributed by atoms with Crippen LogP contribution in [0.1, 0.15) is 49.1 Å². The Labute approximate surface area is 179 Å². The third kappa shape index (κ3) is 4.33. The van der Waals surface area contributed by atoms with Crippen molar-refractivity contribution in [1.82, 2.24) is 5.32 Å². The average Bonchev–Trinajstić information content (AvgIpc) is 3.10. The van der Waals surface area contributed by atoms with Gasteiger partial charge in [0.05, 0.1) is 6.61 Å². The number of nitrogens with one attached hydrogen (secondary N) is 1. The molecule has 2 aromatic carbocycles. The molecule has 1 N–H and O–H groups in total. The van der Waals surface area contributed by atoms with E-state index in [2.05, 4.69) is 5.32 Å². The Balaban J connectivity index is 1.62.